The Bertz CT molecular complexity index is 199. The van der Waals surface area contributed by atoms with Crippen LogP contribution < -0.4 is 5.73 Å². The van der Waals surface area contributed by atoms with Crippen molar-refractivity contribution in [3.63, 3.8) is 0 Å². The fourth-order valence-electron chi connectivity index (χ4n) is 0.854. The van der Waals surface area contributed by atoms with Gasteiger partial charge in [0.1, 0.15) is 0 Å². The Morgan fingerprint density at radius 1 is 1.75 bits per heavy atom. The van der Waals surface area contributed by atoms with Crippen molar-refractivity contribution in [2.45, 2.75) is 24.3 Å². The first kappa shape index (κ1) is 10.0. The molecule has 2 nitrogen and oxygen atoms in total. The molecule has 0 amide bonds. The summed E-state index contributed by atoms with van der Waals surface area (Å²) in [5.41, 5.74) is 8.52. The van der Waals surface area contributed by atoms with E-state index in [0.717, 1.165) is 18.7 Å². The average Bonchev–Trinajstić information content (AvgIpc) is 2.53. The van der Waals surface area contributed by atoms with E-state index in [4.69, 9.17) is 5.73 Å². The molecule has 0 saturated carbocycles. The molecule has 0 bridgehead atoms. The molecule has 0 radical (unpaired) electrons. The van der Waals surface area contributed by atoms with E-state index in [-0.39, 0.29) is 0 Å². The molecule has 12 heavy (non-hydrogen) atoms. The van der Waals surface area contributed by atoms with E-state index in [1.165, 1.54) is 5.69 Å². The molecule has 1 aromatic rings. The van der Waals surface area contributed by atoms with Gasteiger partial charge >= 0.3 is 0 Å². The van der Waals surface area contributed by atoms with Crippen LogP contribution in [0, 0.1) is 0 Å². The van der Waals surface area contributed by atoms with Gasteiger partial charge in [-0.2, -0.15) is 11.8 Å². The van der Waals surface area contributed by atoms with Crippen molar-refractivity contribution in [3.05, 3.63) is 16.6 Å². The van der Waals surface area contributed by atoms with Gasteiger partial charge in [0.05, 0.1) is 11.2 Å². The summed E-state index contributed by atoms with van der Waals surface area (Å²) in [5.74, 6) is 1.02. The molecule has 4 heteroatoms. The quantitative estimate of drug-likeness (QED) is 0.795. The fraction of sp³-hybridized carbons (Fsp3) is 0.625. The molecule has 68 valence electrons. The summed E-state index contributed by atoms with van der Waals surface area (Å²) >= 11 is 3.58. The number of nitrogens with two attached hydrogens (primary N) is 1. The van der Waals surface area contributed by atoms with Crippen molar-refractivity contribution in [2.24, 2.45) is 5.73 Å². The summed E-state index contributed by atoms with van der Waals surface area (Å²) in [4.78, 5) is 4.21. The molecular formula is C8H14N2S2. The molecule has 1 heterocycles. The molecule has 1 unspecified atom stereocenters. The number of nitrogens with zero attached hydrogens (tertiary/aromatic N) is 1. The maximum Gasteiger partial charge on any atom is 0.0795 e. The first-order chi connectivity index (χ1) is 5.83. The molecule has 0 aromatic carbocycles. The van der Waals surface area contributed by atoms with Gasteiger partial charge in [-0.1, -0.05) is 6.92 Å². The highest BCUT2D eigenvalue weighted by atomic mass is 32.2. The van der Waals surface area contributed by atoms with E-state index in [1.807, 2.05) is 17.3 Å². The average molecular weight is 202 g/mol. The van der Waals surface area contributed by atoms with Crippen LogP contribution in [0.1, 0.15) is 19.0 Å². The Morgan fingerprint density at radius 3 is 3.17 bits per heavy atom. The van der Waals surface area contributed by atoms with Crippen LogP contribution in [0.3, 0.4) is 0 Å². The number of hydrogen-bond acceptors (Lipinski definition) is 4. The van der Waals surface area contributed by atoms with Crippen molar-refractivity contribution >= 4 is 23.1 Å². The Morgan fingerprint density at radius 2 is 2.58 bits per heavy atom. The molecule has 0 aliphatic rings. The van der Waals surface area contributed by atoms with Gasteiger partial charge in [-0.15, -0.1) is 11.3 Å². The van der Waals surface area contributed by atoms with Crippen LogP contribution in [-0.2, 0) is 5.75 Å². The molecular weight excluding hydrogens is 188 g/mol. The van der Waals surface area contributed by atoms with Gasteiger partial charge in [0.15, 0.2) is 0 Å². The molecule has 1 atom stereocenters. The maximum absolute atomic E-state index is 5.45. The number of thioether (sulfide) groups is 1. The summed E-state index contributed by atoms with van der Waals surface area (Å²) in [7, 11) is 0. The first-order valence-corrected chi connectivity index (χ1v) is 6.01. The lowest BCUT2D eigenvalue weighted by atomic mass is 10.3. The molecule has 0 saturated heterocycles. The van der Waals surface area contributed by atoms with Crippen molar-refractivity contribution in [1.29, 1.82) is 0 Å². The second-order valence-electron chi connectivity index (χ2n) is 2.68. The van der Waals surface area contributed by atoms with Crippen LogP contribution in [0.15, 0.2) is 10.9 Å². The SMILES string of the molecule is CC(CCN)SCc1cscn1. The highest BCUT2D eigenvalue weighted by Crippen LogP contribution is 2.19. The second-order valence-corrected chi connectivity index (χ2v) is 4.82. The molecule has 0 aliphatic carbocycles. The number of thiazole rings is 1. The number of hydrogen-bond donors (Lipinski definition) is 1. The second kappa shape index (κ2) is 5.56. The minimum absolute atomic E-state index is 0.650. The zero-order chi connectivity index (χ0) is 8.81. The molecule has 0 fully saturated rings. The van der Waals surface area contributed by atoms with Crippen molar-refractivity contribution in [3.8, 4) is 0 Å². The monoisotopic (exact) mass is 202 g/mol. The zero-order valence-corrected chi connectivity index (χ0v) is 8.83. The Balaban J connectivity index is 2.17. The Kier molecular flexibility index (Phi) is 4.65. The molecule has 1 aromatic heterocycles. The van der Waals surface area contributed by atoms with Gasteiger partial charge in [-0.05, 0) is 13.0 Å². The lowest BCUT2D eigenvalue weighted by Gasteiger charge is -2.07. The molecule has 0 aliphatic heterocycles. The first-order valence-electron chi connectivity index (χ1n) is 4.01. The summed E-state index contributed by atoms with van der Waals surface area (Å²) in [6.45, 7) is 3.00. The van der Waals surface area contributed by atoms with Gasteiger partial charge in [0.2, 0.25) is 0 Å². The van der Waals surface area contributed by atoms with E-state index in [0.29, 0.717) is 5.25 Å². The van der Waals surface area contributed by atoms with Crippen LogP contribution in [0.4, 0.5) is 0 Å². The van der Waals surface area contributed by atoms with Crippen LogP contribution in [-0.4, -0.2) is 16.8 Å². The van der Waals surface area contributed by atoms with Gasteiger partial charge in [0, 0.05) is 16.4 Å². The molecule has 1 rings (SSSR count). The third-order valence-electron chi connectivity index (χ3n) is 1.57. The molecule has 0 spiro atoms. The summed E-state index contributed by atoms with van der Waals surface area (Å²) in [5, 5.41) is 2.75. The van der Waals surface area contributed by atoms with E-state index < -0.39 is 0 Å². The zero-order valence-electron chi connectivity index (χ0n) is 7.19. The van der Waals surface area contributed by atoms with Crippen LogP contribution >= 0.6 is 23.1 Å². The van der Waals surface area contributed by atoms with E-state index >= 15 is 0 Å². The largest absolute Gasteiger partial charge is 0.330 e. The third-order valence-corrected chi connectivity index (χ3v) is 3.47. The predicted molar refractivity (Wildman–Crippen MR) is 56.5 cm³/mol. The van der Waals surface area contributed by atoms with Crippen LogP contribution in [0.5, 0.6) is 0 Å². The Hall–Kier alpha value is -0.0600. The van der Waals surface area contributed by atoms with Crippen molar-refractivity contribution in [1.82, 2.24) is 4.98 Å². The third kappa shape index (κ3) is 3.56. The van der Waals surface area contributed by atoms with E-state index in [9.17, 15) is 0 Å². The number of rotatable bonds is 5. The number of aromatic nitrogens is 1. The minimum Gasteiger partial charge on any atom is -0.330 e. The fourth-order valence-corrected chi connectivity index (χ4v) is 2.43. The van der Waals surface area contributed by atoms with Gasteiger partial charge in [0.25, 0.3) is 0 Å². The minimum atomic E-state index is 0.650. The van der Waals surface area contributed by atoms with Gasteiger partial charge in [-0.25, -0.2) is 4.98 Å². The van der Waals surface area contributed by atoms with Crippen molar-refractivity contribution < 1.29 is 0 Å². The van der Waals surface area contributed by atoms with E-state index in [2.05, 4.69) is 17.3 Å². The topological polar surface area (TPSA) is 38.9 Å². The van der Waals surface area contributed by atoms with Gasteiger partial charge in [-0.3, -0.25) is 0 Å². The highest BCUT2D eigenvalue weighted by molar-refractivity contribution is 7.99. The lowest BCUT2D eigenvalue weighted by molar-refractivity contribution is 0.822. The standard InChI is InChI=1S/C8H14N2S2/c1-7(2-3-9)12-5-8-4-11-6-10-8/h4,6-7H,2-3,5,9H2,1H3. The smallest absolute Gasteiger partial charge is 0.0795 e. The molecule has 2 N–H and O–H groups in total. The lowest BCUT2D eigenvalue weighted by Crippen LogP contribution is -2.07. The maximum atomic E-state index is 5.45. The van der Waals surface area contributed by atoms with Crippen LogP contribution in [0.25, 0.3) is 0 Å². The summed E-state index contributed by atoms with van der Waals surface area (Å²) in [6.07, 6.45) is 1.09. The summed E-state index contributed by atoms with van der Waals surface area (Å²) < 4.78 is 0. The normalized spacial score (nSPS) is 13.2. The Labute approximate surface area is 81.6 Å². The predicted octanol–water partition coefficient (Wildman–Crippen LogP) is 2.11. The summed E-state index contributed by atoms with van der Waals surface area (Å²) in [6, 6.07) is 0. The van der Waals surface area contributed by atoms with Gasteiger partial charge < -0.3 is 5.73 Å². The van der Waals surface area contributed by atoms with E-state index in [1.54, 1.807) is 11.3 Å². The highest BCUT2D eigenvalue weighted by Gasteiger charge is 2.02. The van der Waals surface area contributed by atoms with Crippen LogP contribution in [0.2, 0.25) is 0 Å². The van der Waals surface area contributed by atoms with Crippen molar-refractivity contribution in [2.75, 3.05) is 6.54 Å².